The number of aliphatic hydroxyl groups is 3. The summed E-state index contributed by atoms with van der Waals surface area (Å²) in [5, 5.41) is 35.4. The minimum absolute atomic E-state index is 0.0205. The van der Waals surface area contributed by atoms with Crippen molar-refractivity contribution < 1.29 is 53.1 Å². The van der Waals surface area contributed by atoms with E-state index in [1.165, 1.54) is 13.8 Å². The van der Waals surface area contributed by atoms with Gasteiger partial charge >= 0.3 is 11.9 Å². The lowest BCUT2D eigenvalue weighted by atomic mass is 9.33. The van der Waals surface area contributed by atoms with Crippen molar-refractivity contribution in [3.05, 3.63) is 24.2 Å². The van der Waals surface area contributed by atoms with Gasteiger partial charge in [-0.05, 0) is 30.4 Å². The van der Waals surface area contributed by atoms with E-state index in [1.807, 2.05) is 19.9 Å². The lowest BCUT2D eigenvalue weighted by Crippen LogP contribution is -2.82. The van der Waals surface area contributed by atoms with Crippen LogP contribution in [-0.4, -0.2) is 82.1 Å². The number of hydrogen-bond acceptors (Lipinski definition) is 11. The second-order valence-corrected chi connectivity index (χ2v) is 13.9. The molecule has 1 aromatic rings. The van der Waals surface area contributed by atoms with E-state index in [2.05, 4.69) is 0 Å². The molecular formula is C30H38O11. The predicted octanol–water partition coefficient (Wildman–Crippen LogP) is 1.47. The highest BCUT2D eigenvalue weighted by molar-refractivity contribution is 5.93. The number of aliphatic hydroxyl groups excluding tert-OH is 3. The lowest BCUT2D eigenvalue weighted by Gasteiger charge is -2.73. The summed E-state index contributed by atoms with van der Waals surface area (Å²) >= 11 is 0. The molecule has 1 aromatic heterocycles. The van der Waals surface area contributed by atoms with Gasteiger partial charge in [0.1, 0.15) is 11.7 Å². The maximum Gasteiger partial charge on any atom is 0.303 e. The fraction of sp³-hybridized carbons (Fsp3) is 0.767. The molecule has 6 fully saturated rings. The Balaban J connectivity index is 1.44. The van der Waals surface area contributed by atoms with Crippen molar-refractivity contribution in [3.63, 3.8) is 0 Å². The molecule has 11 nitrogen and oxygen atoms in total. The number of Topliss-reactive ketones (excluding diaryl/α,β-unsaturated/α-hetero) is 1. The molecule has 41 heavy (non-hydrogen) atoms. The SMILES string of the molecule is CC(=O)O[C@@H]1C[C@H](O)C23CO[C@@H](O)[C@]1(C)C2C[C@@H](O)[C@]1(C)C3C(=O)[C@H](OC(C)=O)[C@@]2(C)[C@H](c3ccoc3)C[C@H]3O[C@@]321. The van der Waals surface area contributed by atoms with Gasteiger partial charge in [0.15, 0.2) is 18.2 Å². The van der Waals surface area contributed by atoms with Gasteiger partial charge in [-0.3, -0.25) is 14.4 Å². The van der Waals surface area contributed by atoms with Crippen LogP contribution in [0.25, 0.3) is 0 Å². The van der Waals surface area contributed by atoms with Gasteiger partial charge in [-0.1, -0.05) is 20.8 Å². The Bertz CT molecular complexity index is 1310. The number of ether oxygens (including phenoxy) is 4. The second-order valence-electron chi connectivity index (χ2n) is 13.9. The fourth-order valence-electron chi connectivity index (χ4n) is 11.0. The molecule has 2 bridgehead atoms. The summed E-state index contributed by atoms with van der Waals surface area (Å²) < 4.78 is 29.5. The summed E-state index contributed by atoms with van der Waals surface area (Å²) in [6.45, 7) is 7.85. The van der Waals surface area contributed by atoms with Gasteiger partial charge in [-0.25, -0.2) is 0 Å². The van der Waals surface area contributed by atoms with Crippen molar-refractivity contribution in [1.82, 2.24) is 0 Å². The topological polar surface area (TPSA) is 165 Å². The highest BCUT2D eigenvalue weighted by atomic mass is 16.6. The minimum Gasteiger partial charge on any atom is -0.472 e. The molecule has 3 N–H and O–H groups in total. The zero-order valence-corrected chi connectivity index (χ0v) is 23.9. The van der Waals surface area contributed by atoms with Crippen LogP contribution >= 0.6 is 0 Å². The summed E-state index contributed by atoms with van der Waals surface area (Å²) in [7, 11) is 0. The molecule has 6 aliphatic rings. The molecule has 224 valence electrons. The van der Waals surface area contributed by atoms with Crippen LogP contribution in [0.2, 0.25) is 0 Å². The highest BCUT2D eigenvalue weighted by Gasteiger charge is 2.92. The monoisotopic (exact) mass is 574 g/mol. The van der Waals surface area contributed by atoms with Crippen LogP contribution in [0.3, 0.4) is 0 Å². The van der Waals surface area contributed by atoms with Gasteiger partial charge in [0.25, 0.3) is 0 Å². The minimum atomic E-state index is -1.36. The van der Waals surface area contributed by atoms with Crippen LogP contribution in [0, 0.1) is 33.5 Å². The van der Waals surface area contributed by atoms with E-state index < -0.39 is 87.5 Å². The van der Waals surface area contributed by atoms with E-state index in [1.54, 1.807) is 19.5 Å². The second kappa shape index (κ2) is 8.19. The number of carbonyl (C=O) groups excluding carboxylic acids is 3. The van der Waals surface area contributed by atoms with Crippen molar-refractivity contribution in [3.8, 4) is 0 Å². The number of hydrogen-bond donors (Lipinski definition) is 3. The van der Waals surface area contributed by atoms with Gasteiger partial charge in [0.05, 0.1) is 48.3 Å². The smallest absolute Gasteiger partial charge is 0.303 e. The van der Waals surface area contributed by atoms with Crippen molar-refractivity contribution in [2.24, 2.45) is 33.5 Å². The molecule has 4 aliphatic carbocycles. The molecule has 0 amide bonds. The molecule has 0 aromatic carbocycles. The number of carbonyl (C=O) groups is 3. The Kier molecular flexibility index (Phi) is 5.50. The summed E-state index contributed by atoms with van der Waals surface area (Å²) in [4.78, 5) is 39.7. The van der Waals surface area contributed by atoms with Crippen LogP contribution < -0.4 is 0 Å². The first-order valence-electron chi connectivity index (χ1n) is 14.5. The summed E-state index contributed by atoms with van der Waals surface area (Å²) in [6, 6.07) is 1.84. The summed E-state index contributed by atoms with van der Waals surface area (Å²) in [5.41, 5.74) is -4.93. The Labute approximate surface area is 237 Å². The van der Waals surface area contributed by atoms with Crippen LogP contribution in [0.1, 0.15) is 65.4 Å². The first kappa shape index (κ1) is 27.5. The number of furan rings is 1. The number of rotatable bonds is 3. The molecule has 2 aliphatic heterocycles. The first-order valence-corrected chi connectivity index (χ1v) is 14.5. The average Bonchev–Trinajstić information content (AvgIpc) is 3.26. The lowest BCUT2D eigenvalue weighted by molar-refractivity contribution is -0.373. The van der Waals surface area contributed by atoms with E-state index >= 15 is 4.79 Å². The number of esters is 2. The standard InChI is InChI=1S/C30H38O11/c1-13(31)39-20-10-19(34)29-12-38-25(36)26(20,3)17(29)9-18(33)28(5)23(29)22(35)24(40-14(2)32)27(4)16(15-6-7-37-11-15)8-21-30(27,28)41-21/h6-7,11,16-21,23-25,33-34,36H,8-10,12H2,1-5H3/t16-,17?,18+,19-,20+,21+,23?,24-,25+,26+,27+,28+,29?,30-/m0/s1. The molecule has 14 atom stereocenters. The fourth-order valence-corrected chi connectivity index (χ4v) is 11.0. The third kappa shape index (κ3) is 2.85. The van der Waals surface area contributed by atoms with Crippen molar-refractivity contribution in [1.29, 1.82) is 0 Å². The maximum atomic E-state index is 15.0. The predicted molar refractivity (Wildman–Crippen MR) is 137 cm³/mol. The van der Waals surface area contributed by atoms with Gasteiger partial charge in [0.2, 0.25) is 0 Å². The number of fused-ring (bicyclic) bond motifs is 1. The van der Waals surface area contributed by atoms with E-state index in [4.69, 9.17) is 23.4 Å². The van der Waals surface area contributed by atoms with Crippen LogP contribution in [0.5, 0.6) is 0 Å². The zero-order chi connectivity index (χ0) is 29.5. The van der Waals surface area contributed by atoms with Gasteiger partial charge in [-0.2, -0.15) is 0 Å². The van der Waals surface area contributed by atoms with Crippen molar-refractivity contribution in [2.75, 3.05) is 6.61 Å². The number of epoxide rings is 1. The van der Waals surface area contributed by atoms with Gasteiger partial charge < -0.3 is 38.7 Å². The van der Waals surface area contributed by atoms with Crippen LogP contribution in [0.15, 0.2) is 23.0 Å². The molecule has 11 heteroatoms. The quantitative estimate of drug-likeness (QED) is 0.354. The van der Waals surface area contributed by atoms with Gasteiger partial charge in [0, 0.05) is 42.9 Å². The Morgan fingerprint density at radius 2 is 1.68 bits per heavy atom. The normalized spacial score (nSPS) is 54.7. The van der Waals surface area contributed by atoms with Crippen molar-refractivity contribution in [2.45, 2.75) is 102 Å². The summed E-state index contributed by atoms with van der Waals surface area (Å²) in [5.74, 6) is -3.56. The average molecular weight is 575 g/mol. The van der Waals surface area contributed by atoms with Crippen LogP contribution in [-0.2, 0) is 33.3 Å². The Morgan fingerprint density at radius 3 is 2.32 bits per heavy atom. The van der Waals surface area contributed by atoms with Gasteiger partial charge in [-0.15, -0.1) is 0 Å². The van der Waals surface area contributed by atoms with Crippen molar-refractivity contribution >= 4 is 17.7 Å². The van der Waals surface area contributed by atoms with Crippen LogP contribution in [0.4, 0.5) is 0 Å². The van der Waals surface area contributed by atoms with E-state index in [-0.39, 0.29) is 31.5 Å². The molecule has 7 rings (SSSR count). The largest absolute Gasteiger partial charge is 0.472 e. The molecule has 4 saturated carbocycles. The number of ketones is 1. The molecule has 3 unspecified atom stereocenters. The van der Waals surface area contributed by atoms with E-state index in [0.29, 0.717) is 6.42 Å². The third-order valence-electron chi connectivity index (χ3n) is 12.6. The first-order chi connectivity index (χ1) is 19.2. The molecular weight excluding hydrogens is 536 g/mol. The molecule has 1 spiro atoms. The van der Waals surface area contributed by atoms with E-state index in [0.717, 1.165) is 5.56 Å². The Morgan fingerprint density at radius 1 is 0.976 bits per heavy atom. The third-order valence-corrected chi connectivity index (χ3v) is 12.6. The zero-order valence-electron chi connectivity index (χ0n) is 23.9. The molecule has 3 heterocycles. The highest BCUT2D eigenvalue weighted by Crippen LogP contribution is 2.82. The molecule has 0 radical (unpaired) electrons. The molecule has 2 saturated heterocycles. The van der Waals surface area contributed by atoms with E-state index in [9.17, 15) is 24.9 Å². The maximum absolute atomic E-state index is 15.0. The summed E-state index contributed by atoms with van der Waals surface area (Å²) in [6.07, 6.45) is -2.27. The Hall–Kier alpha value is -2.31.